The first-order valence-electron chi connectivity index (χ1n) is 11.2. The Balaban J connectivity index is 1.70. The molecular weight excluding hydrogens is 388 g/mol. The number of rotatable bonds is 9. The number of amides is 2. The topological polar surface area (TPSA) is 97.1 Å². The second-order valence-corrected chi connectivity index (χ2v) is 8.80. The van der Waals surface area contributed by atoms with Crippen LogP contribution in [0.25, 0.3) is 0 Å². The number of carbonyl (C=O) groups excluding carboxylic acids is 2. The van der Waals surface area contributed by atoms with Crippen LogP contribution in [0.4, 0.5) is 0 Å². The van der Waals surface area contributed by atoms with Crippen molar-refractivity contribution in [2.45, 2.75) is 64.0 Å². The quantitative estimate of drug-likeness (QED) is 0.578. The molecule has 0 saturated heterocycles. The molecule has 1 aromatic carbocycles. The van der Waals surface area contributed by atoms with Crippen molar-refractivity contribution in [3.63, 3.8) is 0 Å². The normalized spacial score (nSPS) is 17.4. The molecule has 0 aliphatic heterocycles. The Hall–Kier alpha value is -2.73. The summed E-state index contributed by atoms with van der Waals surface area (Å²) < 4.78 is 0. The van der Waals surface area contributed by atoms with Gasteiger partial charge in [-0.05, 0) is 42.9 Å². The molecule has 4 N–H and O–H groups in total. The van der Waals surface area contributed by atoms with Gasteiger partial charge in [0.2, 0.25) is 11.8 Å². The third-order valence-corrected chi connectivity index (χ3v) is 6.18. The van der Waals surface area contributed by atoms with Crippen molar-refractivity contribution in [1.82, 2.24) is 15.6 Å². The van der Waals surface area contributed by atoms with Crippen molar-refractivity contribution >= 4 is 11.8 Å². The van der Waals surface area contributed by atoms with E-state index in [2.05, 4.69) is 15.6 Å². The first-order valence-corrected chi connectivity index (χ1v) is 11.2. The van der Waals surface area contributed by atoms with Gasteiger partial charge in [0, 0.05) is 31.3 Å². The van der Waals surface area contributed by atoms with Gasteiger partial charge in [0.05, 0.1) is 12.1 Å². The average molecular weight is 423 g/mol. The summed E-state index contributed by atoms with van der Waals surface area (Å²) in [5.74, 6) is -0.149. The standard InChI is InChI=1S/C25H34N4O2/c1-19(26)24(31)28-18-25(13-7-3-8-14-25)17-23(30)29-22(20-10-4-2-5-11-20)16-21-12-6-9-15-27-21/h2,4-6,9-12,15,19,22H,3,7-8,13-14,16-18,26H2,1H3,(H,28,31)(H,29,30). The molecule has 1 fully saturated rings. The molecule has 0 spiro atoms. The van der Waals surface area contributed by atoms with E-state index in [1.165, 1.54) is 6.42 Å². The molecule has 2 aromatic rings. The number of carbonyl (C=O) groups is 2. The van der Waals surface area contributed by atoms with Crippen LogP contribution in [-0.4, -0.2) is 29.4 Å². The number of nitrogens with one attached hydrogen (secondary N) is 2. The predicted octanol–water partition coefficient (Wildman–Crippen LogP) is 3.29. The van der Waals surface area contributed by atoms with Crippen LogP contribution in [0.2, 0.25) is 0 Å². The molecule has 6 nitrogen and oxygen atoms in total. The smallest absolute Gasteiger partial charge is 0.236 e. The number of hydrogen-bond acceptors (Lipinski definition) is 4. The first kappa shape index (κ1) is 22.9. The van der Waals surface area contributed by atoms with E-state index in [9.17, 15) is 9.59 Å². The van der Waals surface area contributed by atoms with E-state index in [0.717, 1.165) is 36.9 Å². The van der Waals surface area contributed by atoms with Gasteiger partial charge in [-0.2, -0.15) is 0 Å². The van der Waals surface area contributed by atoms with Crippen LogP contribution in [0.15, 0.2) is 54.7 Å². The van der Waals surface area contributed by atoms with Gasteiger partial charge in [-0.25, -0.2) is 0 Å². The van der Waals surface area contributed by atoms with Gasteiger partial charge in [0.15, 0.2) is 0 Å². The maximum atomic E-state index is 13.2. The van der Waals surface area contributed by atoms with E-state index in [0.29, 0.717) is 19.4 Å². The van der Waals surface area contributed by atoms with E-state index >= 15 is 0 Å². The Kier molecular flexibility index (Phi) is 8.18. The third-order valence-electron chi connectivity index (χ3n) is 6.18. The molecule has 0 radical (unpaired) electrons. The van der Waals surface area contributed by atoms with Crippen LogP contribution >= 0.6 is 0 Å². The summed E-state index contributed by atoms with van der Waals surface area (Å²) >= 11 is 0. The maximum absolute atomic E-state index is 13.2. The minimum Gasteiger partial charge on any atom is -0.354 e. The molecule has 31 heavy (non-hydrogen) atoms. The summed E-state index contributed by atoms with van der Waals surface area (Å²) in [7, 11) is 0. The molecule has 2 amide bonds. The summed E-state index contributed by atoms with van der Waals surface area (Å²) in [6, 6.07) is 15.2. The minimum atomic E-state index is -0.546. The highest BCUT2D eigenvalue weighted by molar-refractivity contribution is 5.81. The number of aromatic nitrogens is 1. The lowest BCUT2D eigenvalue weighted by Crippen LogP contribution is -2.46. The monoisotopic (exact) mass is 422 g/mol. The summed E-state index contributed by atoms with van der Waals surface area (Å²) in [4.78, 5) is 29.7. The average Bonchev–Trinajstić information content (AvgIpc) is 2.79. The van der Waals surface area contributed by atoms with Gasteiger partial charge < -0.3 is 16.4 Å². The van der Waals surface area contributed by atoms with Crippen LogP contribution in [0.5, 0.6) is 0 Å². The zero-order valence-corrected chi connectivity index (χ0v) is 18.3. The van der Waals surface area contributed by atoms with Crippen molar-refractivity contribution < 1.29 is 9.59 Å². The number of nitrogens with zero attached hydrogens (tertiary/aromatic N) is 1. The van der Waals surface area contributed by atoms with Crippen LogP contribution in [0.1, 0.15) is 62.7 Å². The molecule has 166 valence electrons. The second-order valence-electron chi connectivity index (χ2n) is 8.80. The van der Waals surface area contributed by atoms with Crippen molar-refractivity contribution in [1.29, 1.82) is 0 Å². The number of pyridine rings is 1. The number of hydrogen-bond donors (Lipinski definition) is 3. The fourth-order valence-corrected chi connectivity index (χ4v) is 4.40. The van der Waals surface area contributed by atoms with E-state index in [-0.39, 0.29) is 23.3 Å². The zero-order chi connectivity index (χ0) is 22.1. The van der Waals surface area contributed by atoms with E-state index in [1.807, 2.05) is 48.5 Å². The lowest BCUT2D eigenvalue weighted by Gasteiger charge is -2.37. The Morgan fingerprint density at radius 1 is 1.06 bits per heavy atom. The van der Waals surface area contributed by atoms with Gasteiger partial charge in [0.1, 0.15) is 0 Å². The van der Waals surface area contributed by atoms with Gasteiger partial charge in [-0.15, -0.1) is 0 Å². The molecule has 1 saturated carbocycles. The van der Waals surface area contributed by atoms with Crippen LogP contribution in [-0.2, 0) is 16.0 Å². The molecular formula is C25H34N4O2. The maximum Gasteiger partial charge on any atom is 0.236 e. The van der Waals surface area contributed by atoms with E-state index in [1.54, 1.807) is 13.1 Å². The van der Waals surface area contributed by atoms with Crippen molar-refractivity contribution in [2.24, 2.45) is 11.1 Å². The van der Waals surface area contributed by atoms with Gasteiger partial charge in [-0.3, -0.25) is 14.6 Å². The van der Waals surface area contributed by atoms with E-state index < -0.39 is 6.04 Å². The van der Waals surface area contributed by atoms with Crippen molar-refractivity contribution in [3.8, 4) is 0 Å². The first-order chi connectivity index (χ1) is 15.0. The molecule has 1 heterocycles. The predicted molar refractivity (Wildman–Crippen MR) is 122 cm³/mol. The molecule has 1 aliphatic rings. The highest BCUT2D eigenvalue weighted by Gasteiger charge is 2.35. The summed E-state index contributed by atoms with van der Waals surface area (Å²) in [6.45, 7) is 2.18. The van der Waals surface area contributed by atoms with Gasteiger partial charge >= 0.3 is 0 Å². The van der Waals surface area contributed by atoms with Crippen molar-refractivity contribution in [3.05, 3.63) is 66.0 Å². The van der Waals surface area contributed by atoms with Crippen LogP contribution in [0.3, 0.4) is 0 Å². The number of nitrogens with two attached hydrogens (primary N) is 1. The Morgan fingerprint density at radius 3 is 2.42 bits per heavy atom. The second kappa shape index (κ2) is 11.0. The molecule has 3 rings (SSSR count). The molecule has 2 atom stereocenters. The summed E-state index contributed by atoms with van der Waals surface area (Å²) in [6.07, 6.45) is 8.03. The molecule has 1 aliphatic carbocycles. The Labute approximate surface area is 185 Å². The Bertz CT molecular complexity index is 833. The lowest BCUT2D eigenvalue weighted by molar-refractivity contribution is -0.127. The van der Waals surface area contributed by atoms with Gasteiger partial charge in [0.25, 0.3) is 0 Å². The highest BCUT2D eigenvalue weighted by atomic mass is 16.2. The minimum absolute atomic E-state index is 0.0155. The fourth-order valence-electron chi connectivity index (χ4n) is 4.40. The van der Waals surface area contributed by atoms with Gasteiger partial charge in [-0.1, -0.05) is 55.7 Å². The van der Waals surface area contributed by atoms with Crippen molar-refractivity contribution in [2.75, 3.05) is 6.54 Å². The number of benzene rings is 1. The molecule has 1 aromatic heterocycles. The third kappa shape index (κ3) is 6.89. The highest BCUT2D eigenvalue weighted by Crippen LogP contribution is 2.39. The molecule has 0 bridgehead atoms. The lowest BCUT2D eigenvalue weighted by atomic mass is 9.71. The Morgan fingerprint density at radius 2 is 1.77 bits per heavy atom. The molecule has 6 heteroatoms. The summed E-state index contributed by atoms with van der Waals surface area (Å²) in [5.41, 5.74) is 7.49. The SMILES string of the molecule is CC(N)C(=O)NCC1(CC(=O)NC(Cc2ccccn2)c2ccccc2)CCCCC1. The molecule has 2 unspecified atom stereocenters. The van der Waals surface area contributed by atoms with Crippen LogP contribution in [0, 0.1) is 5.41 Å². The summed E-state index contributed by atoms with van der Waals surface area (Å²) in [5, 5.41) is 6.22. The largest absolute Gasteiger partial charge is 0.354 e. The van der Waals surface area contributed by atoms with E-state index in [4.69, 9.17) is 5.73 Å². The fraction of sp³-hybridized carbons (Fsp3) is 0.480. The van der Waals surface area contributed by atoms with Crippen LogP contribution < -0.4 is 16.4 Å². The zero-order valence-electron chi connectivity index (χ0n) is 18.3.